The van der Waals surface area contributed by atoms with Gasteiger partial charge in [0.05, 0.1) is 0 Å². The molecule has 0 aliphatic heterocycles. The summed E-state index contributed by atoms with van der Waals surface area (Å²) in [6.07, 6.45) is 0. The lowest BCUT2D eigenvalue weighted by atomic mass is 10.1. The molecule has 0 saturated heterocycles. The molecule has 0 unspecified atom stereocenters. The Labute approximate surface area is 49.3 Å². The molecule has 0 atom stereocenters. The smallest absolute Gasteiger partial charge is 0.312 e. The van der Waals surface area contributed by atoms with Crippen LogP contribution in [0.2, 0.25) is 0 Å². The highest BCUT2D eigenvalue weighted by atomic mass is 16.2. The molecule has 3 heteroatoms. The van der Waals surface area contributed by atoms with Crippen LogP contribution >= 0.6 is 0 Å². The molecular formula is C5H12N2O. The topological polar surface area (TPSA) is 55.1 Å². The number of nitrogens with two attached hydrogens (primary N) is 1. The third kappa shape index (κ3) is 5.27. The van der Waals surface area contributed by atoms with E-state index < -0.39 is 6.03 Å². The van der Waals surface area contributed by atoms with Crippen LogP contribution in [-0.4, -0.2) is 11.6 Å². The molecule has 2 amide bonds. The van der Waals surface area contributed by atoms with Gasteiger partial charge in [0.2, 0.25) is 0 Å². The van der Waals surface area contributed by atoms with Gasteiger partial charge < -0.3 is 11.1 Å². The van der Waals surface area contributed by atoms with Crippen molar-refractivity contribution in [2.45, 2.75) is 26.3 Å². The summed E-state index contributed by atoms with van der Waals surface area (Å²) in [6, 6.07) is -0.475. The van der Waals surface area contributed by atoms with Crippen molar-refractivity contribution in [2.24, 2.45) is 5.73 Å². The third-order valence-electron chi connectivity index (χ3n) is 0.498. The molecule has 8 heavy (non-hydrogen) atoms. The van der Waals surface area contributed by atoms with Crippen molar-refractivity contribution < 1.29 is 4.79 Å². The Bertz CT molecular complexity index is 93.1. The molecule has 48 valence electrons. The summed E-state index contributed by atoms with van der Waals surface area (Å²) in [4.78, 5) is 10.1. The first-order chi connectivity index (χ1) is 3.42. The van der Waals surface area contributed by atoms with E-state index in [1.807, 2.05) is 20.8 Å². The van der Waals surface area contributed by atoms with E-state index in [1.165, 1.54) is 0 Å². The van der Waals surface area contributed by atoms with Crippen molar-refractivity contribution in [1.82, 2.24) is 5.32 Å². The quantitative estimate of drug-likeness (QED) is 0.474. The SMILES string of the molecule is CC(C)(C)NC(N)=O. The number of urea groups is 1. The zero-order valence-electron chi connectivity index (χ0n) is 5.49. The van der Waals surface area contributed by atoms with Gasteiger partial charge in [0.15, 0.2) is 0 Å². The van der Waals surface area contributed by atoms with E-state index in [9.17, 15) is 4.79 Å². The molecule has 0 rings (SSSR count). The van der Waals surface area contributed by atoms with Crippen LogP contribution in [-0.2, 0) is 0 Å². The molecule has 3 N–H and O–H groups in total. The highest BCUT2D eigenvalue weighted by Crippen LogP contribution is 1.95. The van der Waals surface area contributed by atoms with E-state index in [0.29, 0.717) is 0 Å². The number of primary amides is 1. The molecule has 0 spiro atoms. The van der Waals surface area contributed by atoms with Crippen molar-refractivity contribution in [2.75, 3.05) is 0 Å². The summed E-state index contributed by atoms with van der Waals surface area (Å²) in [5, 5.41) is 2.52. The van der Waals surface area contributed by atoms with E-state index in [4.69, 9.17) is 5.73 Å². The largest absolute Gasteiger partial charge is 0.352 e. The minimum atomic E-state index is -0.475. The van der Waals surface area contributed by atoms with E-state index in [2.05, 4.69) is 5.32 Å². The van der Waals surface area contributed by atoms with E-state index in [1.54, 1.807) is 0 Å². The molecule has 0 bridgehead atoms. The van der Waals surface area contributed by atoms with Gasteiger partial charge in [-0.3, -0.25) is 0 Å². The highest BCUT2D eigenvalue weighted by molar-refractivity contribution is 5.72. The average molecular weight is 116 g/mol. The highest BCUT2D eigenvalue weighted by Gasteiger charge is 2.09. The second-order valence-electron chi connectivity index (χ2n) is 2.74. The molecule has 3 nitrogen and oxygen atoms in total. The summed E-state index contributed by atoms with van der Waals surface area (Å²) in [5.74, 6) is 0. The standard InChI is InChI=1S/C5H12N2O/c1-5(2,3)7-4(6)8/h1-3H3,(H3,6,7,8). The van der Waals surface area contributed by atoms with Gasteiger partial charge in [-0.15, -0.1) is 0 Å². The molecule has 0 aromatic carbocycles. The van der Waals surface area contributed by atoms with Crippen LogP contribution in [0.15, 0.2) is 0 Å². The number of carbonyl (C=O) groups excluding carboxylic acids is 1. The molecule has 0 aliphatic carbocycles. The molecule has 0 radical (unpaired) electrons. The molecule has 0 aromatic rings. The fourth-order valence-electron chi connectivity index (χ4n) is 0.370. The predicted octanol–water partition coefficient (Wildman–Crippen LogP) is 0.453. The summed E-state index contributed by atoms with van der Waals surface area (Å²) >= 11 is 0. The van der Waals surface area contributed by atoms with Crippen LogP contribution < -0.4 is 11.1 Å². The number of carbonyl (C=O) groups is 1. The number of rotatable bonds is 0. The van der Waals surface area contributed by atoms with Crippen molar-refractivity contribution in [3.63, 3.8) is 0 Å². The molecular weight excluding hydrogens is 104 g/mol. The average Bonchev–Trinajstić information content (AvgIpc) is 1.21. The molecule has 0 fully saturated rings. The first kappa shape index (κ1) is 7.27. The third-order valence-corrected chi connectivity index (χ3v) is 0.498. The van der Waals surface area contributed by atoms with Gasteiger partial charge in [-0.05, 0) is 20.8 Å². The van der Waals surface area contributed by atoms with Crippen molar-refractivity contribution in [3.05, 3.63) is 0 Å². The number of hydrogen-bond acceptors (Lipinski definition) is 1. The maximum absolute atomic E-state index is 10.1. The van der Waals surface area contributed by atoms with Gasteiger partial charge in [0.1, 0.15) is 0 Å². The normalized spacial score (nSPS) is 10.9. The maximum Gasteiger partial charge on any atom is 0.312 e. The van der Waals surface area contributed by atoms with Gasteiger partial charge in [-0.1, -0.05) is 0 Å². The first-order valence-corrected chi connectivity index (χ1v) is 2.49. The fourth-order valence-corrected chi connectivity index (χ4v) is 0.370. The van der Waals surface area contributed by atoms with Crippen LogP contribution in [0.25, 0.3) is 0 Å². The van der Waals surface area contributed by atoms with Gasteiger partial charge in [-0.2, -0.15) is 0 Å². The molecule has 0 saturated carbocycles. The fraction of sp³-hybridized carbons (Fsp3) is 0.800. The lowest BCUT2D eigenvalue weighted by Gasteiger charge is -2.17. The van der Waals surface area contributed by atoms with Crippen LogP contribution in [0.1, 0.15) is 20.8 Å². The Hall–Kier alpha value is -0.730. The van der Waals surface area contributed by atoms with E-state index >= 15 is 0 Å². The lowest BCUT2D eigenvalue weighted by molar-refractivity contribution is 0.240. The van der Waals surface area contributed by atoms with Crippen LogP contribution in [0.5, 0.6) is 0 Å². The maximum atomic E-state index is 10.1. The van der Waals surface area contributed by atoms with Crippen LogP contribution in [0.4, 0.5) is 4.79 Å². The molecule has 0 aliphatic rings. The van der Waals surface area contributed by atoms with Crippen LogP contribution in [0.3, 0.4) is 0 Å². The van der Waals surface area contributed by atoms with Crippen LogP contribution in [0, 0.1) is 0 Å². The summed E-state index contributed by atoms with van der Waals surface area (Å²) in [7, 11) is 0. The Morgan fingerprint density at radius 2 is 1.88 bits per heavy atom. The lowest BCUT2D eigenvalue weighted by Crippen LogP contribution is -2.43. The second kappa shape index (κ2) is 2.03. The number of hydrogen-bond donors (Lipinski definition) is 2. The van der Waals surface area contributed by atoms with Crippen molar-refractivity contribution >= 4 is 6.03 Å². The molecule has 0 heterocycles. The minimum absolute atomic E-state index is 0.203. The monoisotopic (exact) mass is 116 g/mol. The second-order valence-corrected chi connectivity index (χ2v) is 2.74. The summed E-state index contributed by atoms with van der Waals surface area (Å²) in [5.41, 5.74) is 4.63. The predicted molar refractivity (Wildman–Crippen MR) is 32.5 cm³/mol. The van der Waals surface area contributed by atoms with Crippen molar-refractivity contribution in [1.29, 1.82) is 0 Å². The van der Waals surface area contributed by atoms with Gasteiger partial charge in [-0.25, -0.2) is 4.79 Å². The van der Waals surface area contributed by atoms with Gasteiger partial charge >= 0.3 is 6.03 Å². The Kier molecular flexibility index (Phi) is 1.84. The summed E-state index contributed by atoms with van der Waals surface area (Å²) < 4.78 is 0. The van der Waals surface area contributed by atoms with E-state index in [0.717, 1.165) is 0 Å². The first-order valence-electron chi connectivity index (χ1n) is 2.49. The van der Waals surface area contributed by atoms with Crippen molar-refractivity contribution in [3.8, 4) is 0 Å². The van der Waals surface area contributed by atoms with Gasteiger partial charge in [0, 0.05) is 5.54 Å². The zero-order chi connectivity index (χ0) is 6.78. The number of amides is 2. The number of nitrogens with one attached hydrogen (secondary N) is 1. The zero-order valence-corrected chi connectivity index (χ0v) is 5.49. The Balaban J connectivity index is 3.55. The molecule has 0 aromatic heterocycles. The minimum Gasteiger partial charge on any atom is -0.352 e. The Morgan fingerprint density at radius 3 is 1.88 bits per heavy atom. The summed E-state index contributed by atoms with van der Waals surface area (Å²) in [6.45, 7) is 5.62. The van der Waals surface area contributed by atoms with E-state index in [-0.39, 0.29) is 5.54 Å². The Morgan fingerprint density at radius 1 is 1.50 bits per heavy atom. The van der Waals surface area contributed by atoms with Gasteiger partial charge in [0.25, 0.3) is 0 Å².